The Morgan fingerprint density at radius 3 is 2.35 bits per heavy atom. The van der Waals surface area contributed by atoms with Crippen LogP contribution in [0.25, 0.3) is 0 Å². The van der Waals surface area contributed by atoms with E-state index < -0.39 is 18.4 Å². The van der Waals surface area contributed by atoms with Gasteiger partial charge in [0.1, 0.15) is 12.6 Å². The molecule has 1 aliphatic heterocycles. The van der Waals surface area contributed by atoms with E-state index in [1.807, 2.05) is 74.5 Å². The normalized spacial score (nSPS) is 20.5. The van der Waals surface area contributed by atoms with E-state index >= 15 is 0 Å². The molecule has 136 valence electrons. The highest BCUT2D eigenvalue weighted by atomic mass is 16.6. The molecule has 26 heavy (non-hydrogen) atoms. The van der Waals surface area contributed by atoms with Crippen molar-refractivity contribution in [3.8, 4) is 0 Å². The van der Waals surface area contributed by atoms with Crippen molar-refractivity contribution in [1.82, 2.24) is 4.90 Å². The number of hydrogen-bond acceptors (Lipinski definition) is 4. The first-order valence-electron chi connectivity index (χ1n) is 8.86. The van der Waals surface area contributed by atoms with Gasteiger partial charge in [-0.2, -0.15) is 0 Å². The smallest absolute Gasteiger partial charge is 0.414 e. The molecule has 5 nitrogen and oxygen atoms in total. The summed E-state index contributed by atoms with van der Waals surface area (Å²) in [5.41, 5.74) is 1.65. The van der Waals surface area contributed by atoms with Crippen LogP contribution in [0.3, 0.4) is 0 Å². The van der Waals surface area contributed by atoms with Gasteiger partial charge >= 0.3 is 12.1 Å². The lowest BCUT2D eigenvalue weighted by atomic mass is 9.98. The molecule has 0 aliphatic carbocycles. The van der Waals surface area contributed by atoms with E-state index in [1.165, 1.54) is 4.90 Å². The first kappa shape index (κ1) is 18.0. The molecule has 0 radical (unpaired) electrons. The minimum absolute atomic E-state index is 0.0273. The fourth-order valence-corrected chi connectivity index (χ4v) is 3.08. The highest BCUT2D eigenvalue weighted by Gasteiger charge is 2.48. The average Bonchev–Trinajstić information content (AvgIpc) is 3.04. The SMILES string of the molecule is CCC(C)C1C(=O)OC(c2ccccc2)N1C(=O)OCc1ccccc1. The highest BCUT2D eigenvalue weighted by molar-refractivity contribution is 5.85. The Hall–Kier alpha value is -2.82. The van der Waals surface area contributed by atoms with Gasteiger partial charge in [-0.1, -0.05) is 80.9 Å². The number of rotatable bonds is 5. The fourth-order valence-electron chi connectivity index (χ4n) is 3.08. The van der Waals surface area contributed by atoms with Crippen molar-refractivity contribution >= 4 is 12.1 Å². The summed E-state index contributed by atoms with van der Waals surface area (Å²) in [6.07, 6.45) is -0.547. The van der Waals surface area contributed by atoms with Crippen LogP contribution in [0.2, 0.25) is 0 Å². The molecule has 0 saturated carbocycles. The van der Waals surface area contributed by atoms with Gasteiger partial charge in [-0.15, -0.1) is 0 Å². The van der Waals surface area contributed by atoms with Gasteiger partial charge in [0.2, 0.25) is 6.23 Å². The van der Waals surface area contributed by atoms with Crippen LogP contribution in [-0.4, -0.2) is 23.0 Å². The van der Waals surface area contributed by atoms with E-state index in [4.69, 9.17) is 9.47 Å². The Morgan fingerprint density at radius 1 is 1.12 bits per heavy atom. The monoisotopic (exact) mass is 353 g/mol. The molecule has 0 aromatic heterocycles. The molecule has 1 amide bonds. The number of benzene rings is 2. The molecule has 0 spiro atoms. The molecule has 0 bridgehead atoms. The third kappa shape index (κ3) is 3.72. The lowest BCUT2D eigenvalue weighted by Crippen LogP contribution is -2.43. The van der Waals surface area contributed by atoms with Crippen molar-refractivity contribution in [1.29, 1.82) is 0 Å². The van der Waals surface area contributed by atoms with Crippen LogP contribution >= 0.6 is 0 Å². The van der Waals surface area contributed by atoms with Crippen LogP contribution < -0.4 is 0 Å². The molecule has 3 unspecified atom stereocenters. The molecule has 1 aliphatic rings. The predicted octanol–water partition coefficient (Wildman–Crippen LogP) is 4.30. The zero-order valence-electron chi connectivity index (χ0n) is 15.0. The van der Waals surface area contributed by atoms with Crippen molar-refractivity contribution in [2.75, 3.05) is 0 Å². The summed E-state index contributed by atoms with van der Waals surface area (Å²) >= 11 is 0. The van der Waals surface area contributed by atoms with Gasteiger partial charge in [0.25, 0.3) is 0 Å². The van der Waals surface area contributed by atoms with Crippen LogP contribution in [0.1, 0.15) is 37.6 Å². The molecular formula is C21H23NO4. The number of cyclic esters (lactones) is 1. The summed E-state index contributed by atoms with van der Waals surface area (Å²) in [7, 11) is 0. The molecule has 3 atom stereocenters. The number of ether oxygens (including phenoxy) is 2. The van der Waals surface area contributed by atoms with E-state index in [2.05, 4.69) is 0 Å². The Balaban J connectivity index is 1.83. The summed E-state index contributed by atoms with van der Waals surface area (Å²) in [5.74, 6) is -0.412. The summed E-state index contributed by atoms with van der Waals surface area (Å²) in [6, 6.07) is 18.1. The standard InChI is InChI=1S/C21H23NO4/c1-3-15(2)18-20(23)26-19(17-12-8-5-9-13-17)22(18)21(24)25-14-16-10-6-4-7-11-16/h4-13,15,18-19H,3,14H2,1-2H3. The minimum atomic E-state index is -0.758. The molecule has 3 rings (SSSR count). The molecule has 2 aromatic carbocycles. The summed E-state index contributed by atoms with van der Waals surface area (Å²) in [4.78, 5) is 26.8. The Labute approximate surface area is 153 Å². The number of nitrogens with zero attached hydrogens (tertiary/aromatic N) is 1. The molecule has 1 fully saturated rings. The zero-order chi connectivity index (χ0) is 18.5. The molecule has 5 heteroatoms. The van der Waals surface area contributed by atoms with Crippen LogP contribution in [0.5, 0.6) is 0 Å². The maximum Gasteiger partial charge on any atom is 0.414 e. The topological polar surface area (TPSA) is 55.8 Å². The van der Waals surface area contributed by atoms with E-state index in [0.717, 1.165) is 17.5 Å². The van der Waals surface area contributed by atoms with Crippen LogP contribution in [0.15, 0.2) is 60.7 Å². The number of amides is 1. The van der Waals surface area contributed by atoms with Crippen LogP contribution in [-0.2, 0) is 20.9 Å². The quantitative estimate of drug-likeness (QED) is 0.752. The van der Waals surface area contributed by atoms with Crippen molar-refractivity contribution in [2.45, 2.75) is 39.1 Å². The van der Waals surface area contributed by atoms with Gasteiger partial charge in [-0.3, -0.25) is 4.90 Å². The van der Waals surface area contributed by atoms with Crippen molar-refractivity contribution < 1.29 is 19.1 Å². The third-order valence-corrected chi connectivity index (χ3v) is 4.71. The van der Waals surface area contributed by atoms with Crippen molar-refractivity contribution in [3.63, 3.8) is 0 Å². The lowest BCUT2D eigenvalue weighted by molar-refractivity contribution is -0.143. The van der Waals surface area contributed by atoms with Crippen molar-refractivity contribution in [2.24, 2.45) is 5.92 Å². The largest absolute Gasteiger partial charge is 0.444 e. The number of carbonyl (C=O) groups is 2. The maximum absolute atomic E-state index is 12.9. The second kappa shape index (κ2) is 8.04. The lowest BCUT2D eigenvalue weighted by Gasteiger charge is -2.28. The molecule has 1 heterocycles. The van der Waals surface area contributed by atoms with E-state index in [-0.39, 0.29) is 18.5 Å². The first-order valence-corrected chi connectivity index (χ1v) is 8.86. The number of esters is 1. The first-order chi connectivity index (χ1) is 12.6. The third-order valence-electron chi connectivity index (χ3n) is 4.71. The maximum atomic E-state index is 12.9. The van der Waals surface area contributed by atoms with Gasteiger partial charge in [0.15, 0.2) is 0 Å². The van der Waals surface area contributed by atoms with Gasteiger partial charge in [0.05, 0.1) is 0 Å². The minimum Gasteiger partial charge on any atom is -0.444 e. The van der Waals surface area contributed by atoms with E-state index in [9.17, 15) is 9.59 Å². The summed E-state index contributed by atoms with van der Waals surface area (Å²) < 4.78 is 11.0. The van der Waals surface area contributed by atoms with Crippen LogP contribution in [0, 0.1) is 5.92 Å². The fraction of sp³-hybridized carbons (Fsp3) is 0.333. The number of hydrogen-bond donors (Lipinski definition) is 0. The summed E-state index contributed by atoms with van der Waals surface area (Å²) in [5, 5.41) is 0. The van der Waals surface area contributed by atoms with Crippen molar-refractivity contribution in [3.05, 3.63) is 71.8 Å². The Bertz CT molecular complexity index is 747. The molecule has 1 saturated heterocycles. The molecule has 2 aromatic rings. The number of carbonyl (C=O) groups excluding carboxylic acids is 2. The average molecular weight is 353 g/mol. The highest BCUT2D eigenvalue weighted by Crippen LogP contribution is 2.36. The summed E-state index contributed by atoms with van der Waals surface area (Å²) in [6.45, 7) is 4.08. The Kier molecular flexibility index (Phi) is 5.56. The van der Waals surface area contributed by atoms with Gasteiger partial charge in [0, 0.05) is 5.56 Å². The van der Waals surface area contributed by atoms with Gasteiger partial charge in [-0.25, -0.2) is 9.59 Å². The zero-order valence-corrected chi connectivity index (χ0v) is 15.0. The van der Waals surface area contributed by atoms with E-state index in [1.54, 1.807) is 0 Å². The predicted molar refractivity (Wildman–Crippen MR) is 97.0 cm³/mol. The van der Waals surface area contributed by atoms with E-state index in [0.29, 0.717) is 0 Å². The van der Waals surface area contributed by atoms with Gasteiger partial charge in [-0.05, 0) is 11.5 Å². The molecular weight excluding hydrogens is 330 g/mol. The molecule has 0 N–H and O–H groups in total. The van der Waals surface area contributed by atoms with Gasteiger partial charge < -0.3 is 9.47 Å². The Morgan fingerprint density at radius 2 is 1.73 bits per heavy atom. The second-order valence-corrected chi connectivity index (χ2v) is 6.48. The van der Waals surface area contributed by atoms with Crippen LogP contribution in [0.4, 0.5) is 4.79 Å². The second-order valence-electron chi connectivity index (χ2n) is 6.48.